The Morgan fingerprint density at radius 2 is 2.10 bits per heavy atom. The molecule has 0 saturated carbocycles. The van der Waals surface area contributed by atoms with Gasteiger partial charge in [-0.3, -0.25) is 9.59 Å². The summed E-state index contributed by atoms with van der Waals surface area (Å²) in [4.78, 5) is 27.7. The monoisotopic (exact) mass is 291 g/mol. The summed E-state index contributed by atoms with van der Waals surface area (Å²) in [5.41, 5.74) is 6.27. The smallest absolute Gasteiger partial charge is 0.265 e. The molecule has 20 heavy (non-hydrogen) atoms. The molecule has 2 atom stereocenters. The molecule has 0 spiro atoms. The van der Waals surface area contributed by atoms with Crippen LogP contribution < -0.4 is 11.1 Å². The number of nitrogens with one attached hydrogen (secondary N) is 1. The molecular formula is C13H13N3O3S. The van der Waals surface area contributed by atoms with Crippen molar-refractivity contribution in [3.05, 3.63) is 28.8 Å². The van der Waals surface area contributed by atoms with Crippen LogP contribution in [0.2, 0.25) is 0 Å². The van der Waals surface area contributed by atoms with Crippen LogP contribution >= 0.6 is 11.8 Å². The second-order valence-corrected chi connectivity index (χ2v) is 6.14. The van der Waals surface area contributed by atoms with E-state index in [0.717, 1.165) is 22.9 Å². The van der Waals surface area contributed by atoms with E-state index in [4.69, 9.17) is 5.73 Å². The Hall–Kier alpha value is -1.86. The number of aliphatic imine (C=N–C) groups is 1. The van der Waals surface area contributed by atoms with E-state index in [1.165, 1.54) is 0 Å². The predicted octanol–water partition coefficient (Wildman–Crippen LogP) is 0.400. The van der Waals surface area contributed by atoms with Gasteiger partial charge >= 0.3 is 0 Å². The maximum absolute atomic E-state index is 12.2. The van der Waals surface area contributed by atoms with Gasteiger partial charge in [0.1, 0.15) is 5.25 Å². The van der Waals surface area contributed by atoms with Crippen molar-refractivity contribution in [2.45, 2.75) is 24.7 Å². The first-order chi connectivity index (χ1) is 9.34. The number of hydrogen-bond donors (Lipinski definition) is 3. The van der Waals surface area contributed by atoms with Crippen molar-refractivity contribution in [3.8, 4) is 0 Å². The molecule has 0 aliphatic carbocycles. The average Bonchev–Trinajstić information content (AvgIpc) is 2.78. The van der Waals surface area contributed by atoms with Crippen LogP contribution in [0.3, 0.4) is 0 Å². The van der Waals surface area contributed by atoms with E-state index in [-0.39, 0.29) is 5.17 Å². The van der Waals surface area contributed by atoms with Crippen molar-refractivity contribution in [1.29, 1.82) is 0 Å². The Balaban J connectivity index is 2.17. The molecule has 1 aromatic carbocycles. The number of amides is 2. The summed E-state index contributed by atoms with van der Waals surface area (Å²) in [6, 6.07) is 3.63. The summed E-state index contributed by atoms with van der Waals surface area (Å²) in [7, 11) is 0. The molecule has 2 amide bonds. The third-order valence-corrected chi connectivity index (χ3v) is 4.63. The predicted molar refractivity (Wildman–Crippen MR) is 76.5 cm³/mol. The first kappa shape index (κ1) is 13.1. The maximum atomic E-state index is 12.2. The molecule has 104 valence electrons. The minimum Gasteiger partial charge on any atom is -0.378 e. The summed E-state index contributed by atoms with van der Waals surface area (Å²) >= 11 is 0.917. The molecule has 6 nitrogen and oxygen atoms in total. The number of hydrogen-bond acceptors (Lipinski definition) is 5. The van der Waals surface area contributed by atoms with Crippen LogP contribution in [0.1, 0.15) is 16.7 Å². The number of aliphatic hydroxyl groups is 1. The molecule has 2 aliphatic rings. The van der Waals surface area contributed by atoms with Gasteiger partial charge in [0.25, 0.3) is 11.8 Å². The zero-order chi connectivity index (χ0) is 14.7. The fraction of sp³-hybridized carbons (Fsp3) is 0.308. The molecule has 0 fully saturated rings. The number of carbonyl (C=O) groups excluding carboxylic acids is 2. The molecule has 4 N–H and O–H groups in total. The second-order valence-electron chi connectivity index (χ2n) is 5.01. The molecule has 0 bridgehead atoms. The number of carbonyl (C=O) groups is 2. The minimum atomic E-state index is -1.93. The van der Waals surface area contributed by atoms with Crippen molar-refractivity contribution in [1.82, 2.24) is 0 Å². The maximum Gasteiger partial charge on any atom is 0.265 e. The topological polar surface area (TPSA) is 105 Å². The highest BCUT2D eigenvalue weighted by Gasteiger charge is 2.57. The standard InChI is InChI=1S/C13H13N3O3S/c1-5-3-6(2)8-7(4-5)15-11(18)13(8,19)9-10(17)16-12(14)20-9/h3-4,9,19H,1-2H3,(H,15,18)(H2,14,16,17). The number of aryl methyl sites for hydroxylation is 2. The van der Waals surface area contributed by atoms with E-state index in [0.29, 0.717) is 11.3 Å². The summed E-state index contributed by atoms with van der Waals surface area (Å²) in [5, 5.41) is 12.6. The highest BCUT2D eigenvalue weighted by atomic mass is 32.2. The van der Waals surface area contributed by atoms with Crippen molar-refractivity contribution < 1.29 is 14.7 Å². The molecule has 2 heterocycles. The Bertz CT molecular complexity index is 686. The molecule has 2 aliphatic heterocycles. The highest BCUT2D eigenvalue weighted by Crippen LogP contribution is 2.46. The zero-order valence-electron chi connectivity index (χ0n) is 10.9. The zero-order valence-corrected chi connectivity index (χ0v) is 11.7. The number of nitrogens with two attached hydrogens (primary N) is 1. The number of fused-ring (bicyclic) bond motifs is 1. The number of amidine groups is 1. The van der Waals surface area contributed by atoms with Crippen LogP contribution in [0.15, 0.2) is 17.1 Å². The number of thioether (sulfide) groups is 1. The van der Waals surface area contributed by atoms with Crippen molar-refractivity contribution >= 4 is 34.4 Å². The van der Waals surface area contributed by atoms with Crippen LogP contribution in [-0.4, -0.2) is 27.3 Å². The third-order valence-electron chi connectivity index (χ3n) is 3.52. The van der Waals surface area contributed by atoms with Gasteiger partial charge in [0.15, 0.2) is 10.8 Å². The van der Waals surface area contributed by atoms with E-state index in [9.17, 15) is 14.7 Å². The number of anilines is 1. The van der Waals surface area contributed by atoms with Gasteiger partial charge in [0.2, 0.25) is 0 Å². The summed E-state index contributed by atoms with van der Waals surface area (Å²) in [6.07, 6.45) is 0. The molecular weight excluding hydrogens is 278 g/mol. The van der Waals surface area contributed by atoms with Gasteiger partial charge in [-0.1, -0.05) is 17.8 Å². The molecule has 0 radical (unpaired) electrons. The van der Waals surface area contributed by atoms with Crippen LogP contribution in [0.25, 0.3) is 0 Å². The number of nitrogens with zero attached hydrogens (tertiary/aromatic N) is 1. The van der Waals surface area contributed by atoms with Gasteiger partial charge < -0.3 is 16.2 Å². The van der Waals surface area contributed by atoms with Crippen LogP contribution in [-0.2, 0) is 15.2 Å². The first-order valence-electron chi connectivity index (χ1n) is 6.04. The van der Waals surface area contributed by atoms with E-state index >= 15 is 0 Å². The van der Waals surface area contributed by atoms with E-state index < -0.39 is 22.7 Å². The lowest BCUT2D eigenvalue weighted by molar-refractivity contribution is -0.138. The fourth-order valence-electron chi connectivity index (χ4n) is 2.78. The Labute approximate surface area is 119 Å². The lowest BCUT2D eigenvalue weighted by atomic mass is 9.87. The average molecular weight is 291 g/mol. The summed E-state index contributed by atoms with van der Waals surface area (Å²) in [6.45, 7) is 3.69. The number of benzene rings is 1. The van der Waals surface area contributed by atoms with Crippen molar-refractivity contribution in [2.24, 2.45) is 10.7 Å². The Morgan fingerprint density at radius 1 is 1.40 bits per heavy atom. The molecule has 0 aromatic heterocycles. The quantitative estimate of drug-likeness (QED) is 0.694. The second kappa shape index (κ2) is 4.07. The van der Waals surface area contributed by atoms with E-state index in [1.807, 2.05) is 13.0 Å². The van der Waals surface area contributed by atoms with Gasteiger partial charge in [0.05, 0.1) is 0 Å². The Morgan fingerprint density at radius 3 is 2.70 bits per heavy atom. The first-order valence-corrected chi connectivity index (χ1v) is 6.92. The van der Waals surface area contributed by atoms with Gasteiger partial charge in [-0.05, 0) is 31.0 Å². The van der Waals surface area contributed by atoms with Gasteiger partial charge in [-0.2, -0.15) is 4.99 Å². The van der Waals surface area contributed by atoms with Gasteiger partial charge in [0, 0.05) is 11.3 Å². The Kier molecular flexibility index (Phi) is 2.67. The molecule has 2 unspecified atom stereocenters. The highest BCUT2D eigenvalue weighted by molar-refractivity contribution is 8.15. The lowest BCUT2D eigenvalue weighted by Crippen LogP contribution is -2.46. The van der Waals surface area contributed by atoms with Gasteiger partial charge in [-0.15, -0.1) is 0 Å². The molecule has 7 heteroatoms. The summed E-state index contributed by atoms with van der Waals surface area (Å²) < 4.78 is 0. The molecule has 3 rings (SSSR count). The summed E-state index contributed by atoms with van der Waals surface area (Å²) in [5.74, 6) is -1.20. The van der Waals surface area contributed by atoms with E-state index in [1.54, 1.807) is 13.0 Å². The van der Waals surface area contributed by atoms with Crippen molar-refractivity contribution in [3.63, 3.8) is 0 Å². The normalized spacial score (nSPS) is 28.4. The van der Waals surface area contributed by atoms with Crippen LogP contribution in [0.4, 0.5) is 5.69 Å². The minimum absolute atomic E-state index is 0.0689. The van der Waals surface area contributed by atoms with E-state index in [2.05, 4.69) is 10.3 Å². The third kappa shape index (κ3) is 1.60. The number of rotatable bonds is 1. The lowest BCUT2D eigenvalue weighted by Gasteiger charge is -2.26. The SMILES string of the molecule is Cc1cc(C)c2c(c1)NC(=O)C2(O)C1SC(N)=NC1=O. The molecule has 0 saturated heterocycles. The molecule has 1 aromatic rings. The van der Waals surface area contributed by atoms with Crippen molar-refractivity contribution in [2.75, 3.05) is 5.32 Å². The van der Waals surface area contributed by atoms with Crippen LogP contribution in [0.5, 0.6) is 0 Å². The van der Waals surface area contributed by atoms with Gasteiger partial charge in [-0.25, -0.2) is 0 Å². The fourth-order valence-corrected chi connectivity index (χ4v) is 3.72. The largest absolute Gasteiger partial charge is 0.378 e. The van der Waals surface area contributed by atoms with Crippen LogP contribution in [0, 0.1) is 13.8 Å².